The van der Waals surface area contributed by atoms with E-state index in [1.807, 2.05) is 25.9 Å². The summed E-state index contributed by atoms with van der Waals surface area (Å²) in [5.74, 6) is -1.39. The van der Waals surface area contributed by atoms with E-state index in [4.69, 9.17) is 5.11 Å². The quantitative estimate of drug-likeness (QED) is 0.796. The molecule has 0 radical (unpaired) electrons. The van der Waals surface area contributed by atoms with E-state index in [0.29, 0.717) is 6.54 Å². The number of carbonyl (C=O) groups excluding carboxylic acids is 1. The van der Waals surface area contributed by atoms with Crippen molar-refractivity contribution >= 4 is 12.0 Å². The number of amides is 2. The van der Waals surface area contributed by atoms with Crippen molar-refractivity contribution in [3.63, 3.8) is 0 Å². The third-order valence-corrected chi connectivity index (χ3v) is 3.77. The zero-order chi connectivity index (χ0) is 15.3. The molecule has 6 nitrogen and oxygen atoms in total. The maximum Gasteiger partial charge on any atom is 0.320 e. The molecule has 1 N–H and O–H groups in total. The molecule has 2 amide bonds. The van der Waals surface area contributed by atoms with Gasteiger partial charge in [-0.25, -0.2) is 4.79 Å². The number of carboxylic acids is 1. The largest absolute Gasteiger partial charge is 0.481 e. The maximum absolute atomic E-state index is 12.6. The molecule has 2 unspecified atom stereocenters. The number of rotatable bonds is 6. The molecule has 1 aliphatic heterocycles. The predicted octanol–water partition coefficient (Wildman–Crippen LogP) is 1.17. The molecule has 0 aromatic carbocycles. The van der Waals surface area contributed by atoms with Gasteiger partial charge < -0.3 is 19.8 Å². The van der Waals surface area contributed by atoms with Gasteiger partial charge in [0.15, 0.2) is 0 Å². The summed E-state index contributed by atoms with van der Waals surface area (Å²) in [5.41, 5.74) is 0. The molecule has 1 fully saturated rings. The first-order chi connectivity index (χ1) is 9.36. The van der Waals surface area contributed by atoms with Gasteiger partial charge in [-0.15, -0.1) is 0 Å². The highest BCUT2D eigenvalue weighted by atomic mass is 16.4. The molecular weight excluding hydrogens is 258 g/mol. The maximum atomic E-state index is 12.6. The fraction of sp³-hybridized carbons (Fsp3) is 0.857. The number of carboxylic acid groups (broad SMARTS) is 1. The minimum absolute atomic E-state index is 0.0232. The van der Waals surface area contributed by atoms with Crippen molar-refractivity contribution < 1.29 is 14.7 Å². The van der Waals surface area contributed by atoms with Gasteiger partial charge in [-0.3, -0.25) is 4.79 Å². The Kier molecular flexibility index (Phi) is 6.26. The van der Waals surface area contributed by atoms with Crippen LogP contribution in [0.4, 0.5) is 4.79 Å². The average molecular weight is 285 g/mol. The van der Waals surface area contributed by atoms with Crippen molar-refractivity contribution in [1.29, 1.82) is 0 Å². The van der Waals surface area contributed by atoms with Gasteiger partial charge in [-0.2, -0.15) is 0 Å². The summed E-state index contributed by atoms with van der Waals surface area (Å²) >= 11 is 0. The van der Waals surface area contributed by atoms with E-state index in [0.717, 1.165) is 25.9 Å². The monoisotopic (exact) mass is 285 g/mol. The number of likely N-dealkylation sites (N-methyl/N-ethyl adjacent to an activating group) is 1. The highest BCUT2D eigenvalue weighted by Crippen LogP contribution is 2.20. The normalized spacial score (nSPS) is 20.2. The summed E-state index contributed by atoms with van der Waals surface area (Å²) in [5, 5.41) is 8.99. The predicted molar refractivity (Wildman–Crippen MR) is 77.7 cm³/mol. The van der Waals surface area contributed by atoms with Gasteiger partial charge in [-0.1, -0.05) is 6.92 Å². The van der Waals surface area contributed by atoms with Crippen LogP contribution in [0.5, 0.6) is 0 Å². The molecule has 1 aliphatic rings. The smallest absolute Gasteiger partial charge is 0.320 e. The lowest BCUT2D eigenvalue weighted by Crippen LogP contribution is -2.49. The van der Waals surface area contributed by atoms with Crippen molar-refractivity contribution in [1.82, 2.24) is 14.7 Å². The fourth-order valence-corrected chi connectivity index (χ4v) is 2.63. The first kappa shape index (κ1) is 16.8. The zero-order valence-electron chi connectivity index (χ0n) is 13.0. The third-order valence-electron chi connectivity index (χ3n) is 3.77. The first-order valence-electron chi connectivity index (χ1n) is 7.29. The molecule has 1 heterocycles. The molecule has 6 heteroatoms. The van der Waals surface area contributed by atoms with Crippen molar-refractivity contribution in [3.8, 4) is 0 Å². The van der Waals surface area contributed by atoms with Crippen LogP contribution in [0.3, 0.4) is 0 Å². The van der Waals surface area contributed by atoms with Crippen LogP contribution in [-0.4, -0.2) is 78.1 Å². The second-order valence-electron chi connectivity index (χ2n) is 5.81. The van der Waals surface area contributed by atoms with Gasteiger partial charge in [0, 0.05) is 32.2 Å². The number of urea groups is 1. The topological polar surface area (TPSA) is 64.1 Å². The van der Waals surface area contributed by atoms with Crippen molar-refractivity contribution in [3.05, 3.63) is 0 Å². The van der Waals surface area contributed by atoms with Crippen LogP contribution in [0.25, 0.3) is 0 Å². The number of hydrogen-bond donors (Lipinski definition) is 1. The van der Waals surface area contributed by atoms with Gasteiger partial charge in [0.25, 0.3) is 0 Å². The fourth-order valence-electron chi connectivity index (χ4n) is 2.63. The van der Waals surface area contributed by atoms with E-state index in [1.54, 1.807) is 11.8 Å². The molecule has 0 bridgehead atoms. The molecule has 1 saturated heterocycles. The van der Waals surface area contributed by atoms with Gasteiger partial charge in [0.05, 0.1) is 5.92 Å². The van der Waals surface area contributed by atoms with Crippen LogP contribution >= 0.6 is 0 Å². The van der Waals surface area contributed by atoms with E-state index >= 15 is 0 Å². The Hall–Kier alpha value is -1.30. The first-order valence-corrected chi connectivity index (χ1v) is 7.29. The Labute approximate surface area is 121 Å². The molecular formula is C14H27N3O3. The third kappa shape index (κ3) is 4.37. The SMILES string of the molecule is CCN(CC(C)C(=O)O)C(=O)N1CCCC1CN(C)C. The molecule has 1 rings (SSSR count). The van der Waals surface area contributed by atoms with Crippen LogP contribution in [0.1, 0.15) is 26.7 Å². The van der Waals surface area contributed by atoms with E-state index in [9.17, 15) is 9.59 Å². The van der Waals surface area contributed by atoms with Crippen LogP contribution in [0, 0.1) is 5.92 Å². The Morgan fingerprint density at radius 1 is 1.40 bits per heavy atom. The van der Waals surface area contributed by atoms with E-state index in [1.165, 1.54) is 0 Å². The summed E-state index contributed by atoms with van der Waals surface area (Å²) in [4.78, 5) is 29.1. The minimum atomic E-state index is -0.859. The second-order valence-corrected chi connectivity index (χ2v) is 5.81. The summed E-state index contributed by atoms with van der Waals surface area (Å²) in [6.07, 6.45) is 2.05. The summed E-state index contributed by atoms with van der Waals surface area (Å²) in [7, 11) is 4.01. The van der Waals surface area contributed by atoms with Crippen LogP contribution in [0.15, 0.2) is 0 Å². The highest BCUT2D eigenvalue weighted by molar-refractivity contribution is 5.76. The number of aliphatic carboxylic acids is 1. The highest BCUT2D eigenvalue weighted by Gasteiger charge is 2.32. The number of carbonyl (C=O) groups is 2. The van der Waals surface area contributed by atoms with Crippen molar-refractivity contribution in [2.24, 2.45) is 5.92 Å². The van der Waals surface area contributed by atoms with Crippen LogP contribution in [0.2, 0.25) is 0 Å². The molecule has 20 heavy (non-hydrogen) atoms. The lowest BCUT2D eigenvalue weighted by molar-refractivity contribution is -0.141. The van der Waals surface area contributed by atoms with Crippen molar-refractivity contribution in [2.75, 3.05) is 40.3 Å². The van der Waals surface area contributed by atoms with E-state index < -0.39 is 11.9 Å². The Balaban J connectivity index is 2.67. The molecule has 2 atom stereocenters. The van der Waals surface area contributed by atoms with Crippen LogP contribution in [-0.2, 0) is 4.79 Å². The summed E-state index contributed by atoms with van der Waals surface area (Å²) in [6, 6.07) is 0.219. The standard InChI is InChI=1S/C14H27N3O3/c1-5-16(9-11(2)13(18)19)14(20)17-8-6-7-12(17)10-15(3)4/h11-12H,5-10H2,1-4H3,(H,18,19). The Morgan fingerprint density at radius 2 is 2.05 bits per heavy atom. The zero-order valence-corrected chi connectivity index (χ0v) is 13.0. The van der Waals surface area contributed by atoms with E-state index in [-0.39, 0.29) is 18.6 Å². The molecule has 0 aromatic rings. The lowest BCUT2D eigenvalue weighted by Gasteiger charge is -2.33. The second kappa shape index (κ2) is 7.47. The lowest BCUT2D eigenvalue weighted by atomic mass is 10.1. The Bertz CT molecular complexity index is 347. The minimum Gasteiger partial charge on any atom is -0.481 e. The summed E-state index contributed by atoms with van der Waals surface area (Å²) < 4.78 is 0. The van der Waals surface area contributed by atoms with Crippen molar-refractivity contribution in [2.45, 2.75) is 32.7 Å². The average Bonchev–Trinajstić information content (AvgIpc) is 2.81. The molecule has 0 saturated carbocycles. The Morgan fingerprint density at radius 3 is 2.55 bits per heavy atom. The van der Waals surface area contributed by atoms with Crippen LogP contribution < -0.4 is 0 Å². The number of likely N-dealkylation sites (tertiary alicyclic amines) is 1. The molecule has 0 aromatic heterocycles. The summed E-state index contributed by atoms with van der Waals surface area (Å²) in [6.45, 7) is 5.98. The van der Waals surface area contributed by atoms with Gasteiger partial charge in [0.1, 0.15) is 0 Å². The molecule has 0 aliphatic carbocycles. The van der Waals surface area contributed by atoms with Gasteiger partial charge in [-0.05, 0) is 33.9 Å². The van der Waals surface area contributed by atoms with Gasteiger partial charge >= 0.3 is 12.0 Å². The molecule has 0 spiro atoms. The number of nitrogens with zero attached hydrogens (tertiary/aromatic N) is 3. The van der Waals surface area contributed by atoms with E-state index in [2.05, 4.69) is 4.90 Å². The molecule has 116 valence electrons. The van der Waals surface area contributed by atoms with Gasteiger partial charge in [0.2, 0.25) is 0 Å². The number of hydrogen-bond acceptors (Lipinski definition) is 3.